The molecule has 1 saturated carbocycles. The number of benzene rings is 1. The number of nitrogens with zero attached hydrogens (tertiary/aromatic N) is 4. The van der Waals surface area contributed by atoms with Crippen molar-refractivity contribution in [1.82, 2.24) is 19.7 Å². The zero-order chi connectivity index (χ0) is 23.3. The van der Waals surface area contributed by atoms with Crippen LogP contribution >= 0.6 is 23.2 Å². The van der Waals surface area contributed by atoms with E-state index in [9.17, 15) is 9.59 Å². The van der Waals surface area contributed by atoms with Gasteiger partial charge in [0.2, 0.25) is 0 Å². The van der Waals surface area contributed by atoms with E-state index in [0.29, 0.717) is 34.1 Å². The molecule has 2 N–H and O–H groups in total. The van der Waals surface area contributed by atoms with E-state index < -0.39 is 0 Å². The van der Waals surface area contributed by atoms with Gasteiger partial charge in [-0.05, 0) is 36.5 Å². The minimum absolute atomic E-state index is 0.0711. The lowest BCUT2D eigenvalue weighted by molar-refractivity contribution is -0.0690. The maximum atomic E-state index is 12.6. The van der Waals surface area contributed by atoms with Crippen molar-refractivity contribution in [2.75, 3.05) is 43.4 Å². The van der Waals surface area contributed by atoms with Crippen molar-refractivity contribution in [2.45, 2.75) is 18.9 Å². The SMILES string of the molecule is CN(c1ccc(Cl)c2c(=O)n(C)ccc12)C1CC2(C1)CN(CCNc1cn[nH]c(=O)c1Cl)C2. The summed E-state index contributed by atoms with van der Waals surface area (Å²) >= 11 is 12.4. The number of nitrogens with one attached hydrogen (secondary N) is 2. The molecular weight excluding hydrogens is 463 g/mol. The van der Waals surface area contributed by atoms with Gasteiger partial charge >= 0.3 is 0 Å². The molecule has 3 heterocycles. The van der Waals surface area contributed by atoms with E-state index in [1.807, 2.05) is 18.2 Å². The number of aryl methyl sites for hydroxylation is 1. The maximum Gasteiger partial charge on any atom is 0.285 e. The molecule has 33 heavy (non-hydrogen) atoms. The standard InChI is InChI=1S/C23H26Cl2N6O2/c1-29-7-5-15-18(4-3-16(24)19(15)22(29)33)30(2)14-9-23(10-14)12-31(13-23)8-6-26-17-11-27-28-21(32)20(17)25/h3-5,7,11,14H,6,8-10,12-13H2,1-2H3,(H2,26,28,32). The Bertz CT molecular complexity index is 1320. The van der Waals surface area contributed by atoms with Crippen molar-refractivity contribution in [2.24, 2.45) is 12.5 Å². The molecule has 1 saturated heterocycles. The molecule has 1 aromatic carbocycles. The summed E-state index contributed by atoms with van der Waals surface area (Å²) in [5.41, 5.74) is 1.53. The molecule has 0 bridgehead atoms. The van der Waals surface area contributed by atoms with Crippen LogP contribution in [-0.4, -0.2) is 58.9 Å². The van der Waals surface area contributed by atoms with Crippen molar-refractivity contribution < 1.29 is 0 Å². The molecule has 10 heteroatoms. The van der Waals surface area contributed by atoms with Crippen LogP contribution in [0.3, 0.4) is 0 Å². The summed E-state index contributed by atoms with van der Waals surface area (Å²) in [6.07, 6.45) is 5.59. The highest BCUT2D eigenvalue weighted by molar-refractivity contribution is 6.36. The van der Waals surface area contributed by atoms with E-state index in [1.54, 1.807) is 17.8 Å². The predicted molar refractivity (Wildman–Crippen MR) is 133 cm³/mol. The normalized spacial score (nSPS) is 17.7. The molecule has 2 fully saturated rings. The van der Waals surface area contributed by atoms with Crippen molar-refractivity contribution in [3.8, 4) is 0 Å². The van der Waals surface area contributed by atoms with Gasteiger partial charge in [0.15, 0.2) is 0 Å². The van der Waals surface area contributed by atoms with Gasteiger partial charge < -0.3 is 19.7 Å². The minimum Gasteiger partial charge on any atom is -0.381 e. The van der Waals surface area contributed by atoms with E-state index in [1.165, 1.54) is 6.20 Å². The first-order valence-electron chi connectivity index (χ1n) is 11.0. The number of fused-ring (bicyclic) bond motifs is 1. The van der Waals surface area contributed by atoms with E-state index in [2.05, 4.69) is 32.4 Å². The molecule has 8 nitrogen and oxygen atoms in total. The number of halogens is 2. The summed E-state index contributed by atoms with van der Waals surface area (Å²) in [7, 11) is 3.85. The van der Waals surface area contributed by atoms with E-state index >= 15 is 0 Å². The van der Waals surface area contributed by atoms with Gasteiger partial charge in [-0.2, -0.15) is 5.10 Å². The maximum absolute atomic E-state index is 12.6. The van der Waals surface area contributed by atoms with Gasteiger partial charge in [0.25, 0.3) is 11.1 Å². The number of aromatic nitrogens is 3. The second-order valence-corrected chi connectivity index (χ2v) is 10.1. The first-order valence-corrected chi connectivity index (χ1v) is 11.7. The average molecular weight is 489 g/mol. The lowest BCUT2D eigenvalue weighted by Gasteiger charge is -2.61. The molecule has 174 valence electrons. The zero-order valence-electron chi connectivity index (χ0n) is 18.6. The molecule has 2 aromatic heterocycles. The largest absolute Gasteiger partial charge is 0.381 e. The summed E-state index contributed by atoms with van der Waals surface area (Å²) in [5, 5.41) is 11.4. The number of H-pyrrole nitrogens is 1. The van der Waals surface area contributed by atoms with E-state index in [0.717, 1.165) is 43.5 Å². The smallest absolute Gasteiger partial charge is 0.285 e. The van der Waals surface area contributed by atoms with Crippen LogP contribution in [0.25, 0.3) is 10.8 Å². The Labute approximate surface area is 201 Å². The Morgan fingerprint density at radius 1 is 1.24 bits per heavy atom. The minimum atomic E-state index is -0.386. The van der Waals surface area contributed by atoms with Crippen LogP contribution in [0.2, 0.25) is 10.0 Å². The molecular formula is C23H26Cl2N6O2. The molecule has 1 aliphatic carbocycles. The number of likely N-dealkylation sites (tertiary alicyclic amines) is 1. The summed E-state index contributed by atoms with van der Waals surface area (Å²) in [6.45, 7) is 3.73. The fourth-order valence-electron chi connectivity index (χ4n) is 5.29. The molecule has 0 amide bonds. The number of hydrogen-bond acceptors (Lipinski definition) is 6. The highest BCUT2D eigenvalue weighted by Gasteiger charge is 2.53. The van der Waals surface area contributed by atoms with Crippen LogP contribution < -0.4 is 21.3 Å². The Morgan fingerprint density at radius 3 is 2.76 bits per heavy atom. The monoisotopic (exact) mass is 488 g/mol. The van der Waals surface area contributed by atoms with Crippen molar-refractivity contribution >= 4 is 45.3 Å². The zero-order valence-corrected chi connectivity index (χ0v) is 20.1. The van der Waals surface area contributed by atoms with Gasteiger partial charge in [0.05, 0.1) is 22.3 Å². The lowest BCUT2D eigenvalue weighted by Crippen LogP contribution is -2.66. The summed E-state index contributed by atoms with van der Waals surface area (Å²) in [6, 6.07) is 6.26. The number of rotatable bonds is 6. The average Bonchev–Trinajstić information content (AvgIpc) is 2.73. The van der Waals surface area contributed by atoms with Gasteiger partial charge in [-0.25, -0.2) is 5.10 Å². The lowest BCUT2D eigenvalue weighted by atomic mass is 9.60. The Morgan fingerprint density at radius 2 is 2.00 bits per heavy atom. The van der Waals surface area contributed by atoms with Crippen LogP contribution in [0, 0.1) is 5.41 Å². The second-order valence-electron chi connectivity index (χ2n) is 9.32. The number of aromatic amines is 1. The van der Waals surface area contributed by atoms with Gasteiger partial charge in [0, 0.05) is 63.6 Å². The number of anilines is 2. The van der Waals surface area contributed by atoms with Crippen molar-refractivity contribution in [3.05, 3.63) is 61.3 Å². The fraction of sp³-hybridized carbons (Fsp3) is 0.435. The Hall–Kier alpha value is -2.55. The molecule has 3 aromatic rings. The van der Waals surface area contributed by atoms with E-state index in [-0.39, 0.29) is 16.1 Å². The Balaban J connectivity index is 1.17. The first-order chi connectivity index (χ1) is 15.8. The topological polar surface area (TPSA) is 86.3 Å². The van der Waals surface area contributed by atoms with E-state index in [4.69, 9.17) is 23.2 Å². The molecule has 2 aliphatic rings. The number of pyridine rings is 1. The number of hydrogen-bond donors (Lipinski definition) is 2. The van der Waals surface area contributed by atoms with Crippen LogP contribution in [0.5, 0.6) is 0 Å². The second kappa shape index (κ2) is 8.34. The molecule has 0 atom stereocenters. The van der Waals surface area contributed by atoms with Crippen molar-refractivity contribution in [1.29, 1.82) is 0 Å². The van der Waals surface area contributed by atoms with Gasteiger partial charge in [-0.15, -0.1) is 0 Å². The fourth-order valence-corrected chi connectivity index (χ4v) is 5.69. The molecule has 1 aliphatic heterocycles. The molecule has 1 spiro atoms. The first kappa shape index (κ1) is 22.3. The highest BCUT2D eigenvalue weighted by atomic mass is 35.5. The van der Waals surface area contributed by atoms with Crippen molar-refractivity contribution in [3.63, 3.8) is 0 Å². The van der Waals surface area contributed by atoms with Gasteiger partial charge in [-0.1, -0.05) is 23.2 Å². The molecule has 0 unspecified atom stereocenters. The molecule has 5 rings (SSSR count). The predicted octanol–water partition coefficient (Wildman–Crippen LogP) is 2.94. The van der Waals surface area contributed by atoms with Crippen LogP contribution in [0.4, 0.5) is 11.4 Å². The Kier molecular flexibility index (Phi) is 5.63. The molecule has 0 radical (unpaired) electrons. The summed E-state index contributed by atoms with van der Waals surface area (Å²) < 4.78 is 1.56. The third kappa shape index (κ3) is 3.90. The highest BCUT2D eigenvalue weighted by Crippen LogP contribution is 2.51. The van der Waals surface area contributed by atoms with Crippen LogP contribution in [-0.2, 0) is 7.05 Å². The quantitative estimate of drug-likeness (QED) is 0.554. The van der Waals surface area contributed by atoms with Crippen LogP contribution in [0.1, 0.15) is 12.8 Å². The summed E-state index contributed by atoms with van der Waals surface area (Å²) in [4.78, 5) is 28.8. The van der Waals surface area contributed by atoms with Gasteiger partial charge in [0.1, 0.15) is 5.02 Å². The van der Waals surface area contributed by atoms with Gasteiger partial charge in [-0.3, -0.25) is 9.59 Å². The third-order valence-corrected chi connectivity index (χ3v) is 7.78. The van der Waals surface area contributed by atoms with Crippen LogP contribution in [0.15, 0.2) is 40.2 Å². The third-order valence-electron chi connectivity index (χ3n) is 7.09. The summed E-state index contributed by atoms with van der Waals surface area (Å²) in [5.74, 6) is 0.